The quantitative estimate of drug-likeness (QED) is 0.340. The fourth-order valence-electron chi connectivity index (χ4n) is 1.60. The Kier molecular flexibility index (Phi) is 8.69. The Morgan fingerprint density at radius 1 is 1.17 bits per heavy atom. The summed E-state index contributed by atoms with van der Waals surface area (Å²) in [5.74, 6) is 1.01. The average molecular weight is 366 g/mol. The summed E-state index contributed by atoms with van der Waals surface area (Å²) in [4.78, 5) is 8.62. The van der Waals surface area contributed by atoms with Crippen molar-refractivity contribution in [2.45, 2.75) is 19.4 Å². The Hall–Kier alpha value is -0.860. The van der Waals surface area contributed by atoms with E-state index in [2.05, 4.69) is 15.3 Å². The minimum absolute atomic E-state index is 0. The maximum Gasteiger partial charge on any atom is 0.195 e. The predicted molar refractivity (Wildman–Crippen MR) is 84.3 cm³/mol. The van der Waals surface area contributed by atoms with Crippen molar-refractivity contribution < 1.29 is 0 Å². The van der Waals surface area contributed by atoms with Crippen LogP contribution in [0.4, 0.5) is 0 Å². The van der Waals surface area contributed by atoms with Crippen LogP contribution in [-0.2, 0) is 6.54 Å². The summed E-state index contributed by atoms with van der Waals surface area (Å²) in [7, 11) is 8.03. The van der Waals surface area contributed by atoms with Crippen LogP contribution in [0, 0.1) is 0 Å². The molecule has 0 unspecified atom stereocenters. The van der Waals surface area contributed by atoms with Gasteiger partial charge in [-0.05, 0) is 12.8 Å². The second-order valence-corrected chi connectivity index (χ2v) is 4.34. The molecule has 0 bridgehead atoms. The van der Waals surface area contributed by atoms with Gasteiger partial charge in [-0.2, -0.15) is 0 Å². The summed E-state index contributed by atoms with van der Waals surface area (Å²) in [6.45, 7) is 1.76. The Morgan fingerprint density at radius 3 is 2.33 bits per heavy atom. The molecule has 1 aromatic heterocycles. The van der Waals surface area contributed by atoms with Crippen LogP contribution in [-0.4, -0.2) is 65.5 Å². The van der Waals surface area contributed by atoms with Gasteiger partial charge < -0.3 is 9.80 Å². The second-order valence-electron chi connectivity index (χ2n) is 4.34. The largest absolute Gasteiger partial charge is 0.349 e. The summed E-state index contributed by atoms with van der Waals surface area (Å²) < 4.78 is 1.85. The average Bonchev–Trinajstić information content (AvgIpc) is 2.74. The zero-order valence-electron chi connectivity index (χ0n) is 11.6. The molecule has 18 heavy (non-hydrogen) atoms. The molecule has 6 nitrogen and oxygen atoms in total. The SMILES string of the molecule is CN(C)C(=NCCCCn1ccnn1)N(C)C.I. The summed E-state index contributed by atoms with van der Waals surface area (Å²) in [5, 5.41) is 7.69. The highest BCUT2D eigenvalue weighted by molar-refractivity contribution is 14.0. The number of aliphatic imine (C=N–C) groups is 1. The highest BCUT2D eigenvalue weighted by Crippen LogP contribution is 1.96. The van der Waals surface area contributed by atoms with Gasteiger partial charge in [-0.15, -0.1) is 29.1 Å². The van der Waals surface area contributed by atoms with Crippen molar-refractivity contribution in [3.8, 4) is 0 Å². The summed E-state index contributed by atoms with van der Waals surface area (Å²) >= 11 is 0. The van der Waals surface area contributed by atoms with Crippen LogP contribution in [0.2, 0.25) is 0 Å². The lowest BCUT2D eigenvalue weighted by atomic mass is 10.3. The zero-order chi connectivity index (χ0) is 12.7. The van der Waals surface area contributed by atoms with Gasteiger partial charge in [0.15, 0.2) is 5.96 Å². The highest BCUT2D eigenvalue weighted by Gasteiger charge is 2.02. The van der Waals surface area contributed by atoms with Crippen LogP contribution in [0.3, 0.4) is 0 Å². The van der Waals surface area contributed by atoms with E-state index in [4.69, 9.17) is 0 Å². The first-order chi connectivity index (χ1) is 8.11. The van der Waals surface area contributed by atoms with Gasteiger partial charge in [-0.25, -0.2) is 0 Å². The van der Waals surface area contributed by atoms with Crippen molar-refractivity contribution in [1.82, 2.24) is 24.8 Å². The van der Waals surface area contributed by atoms with Crippen LogP contribution in [0.1, 0.15) is 12.8 Å². The van der Waals surface area contributed by atoms with Crippen LogP contribution in [0.25, 0.3) is 0 Å². The molecule has 0 atom stereocenters. The molecule has 0 amide bonds. The minimum Gasteiger partial charge on any atom is -0.349 e. The molecular formula is C11H23IN6. The van der Waals surface area contributed by atoms with Crippen molar-refractivity contribution in [3.05, 3.63) is 12.4 Å². The van der Waals surface area contributed by atoms with Crippen molar-refractivity contribution in [2.75, 3.05) is 34.7 Å². The third-order valence-corrected chi connectivity index (χ3v) is 2.32. The number of hydrogen-bond donors (Lipinski definition) is 0. The fourth-order valence-corrected chi connectivity index (χ4v) is 1.60. The number of aryl methyl sites for hydroxylation is 1. The van der Waals surface area contributed by atoms with E-state index in [9.17, 15) is 0 Å². The standard InChI is InChI=1S/C11H22N6.HI/c1-15(2)11(16(3)4)12-7-5-6-9-17-10-8-13-14-17;/h8,10H,5-7,9H2,1-4H3;1H. The first-order valence-corrected chi connectivity index (χ1v) is 5.84. The van der Waals surface area contributed by atoms with E-state index in [1.165, 1.54) is 0 Å². The lowest BCUT2D eigenvalue weighted by molar-refractivity contribution is 0.476. The Morgan fingerprint density at radius 2 is 1.83 bits per heavy atom. The Labute approximate surface area is 126 Å². The van der Waals surface area contributed by atoms with E-state index in [0.29, 0.717) is 0 Å². The van der Waals surface area contributed by atoms with Crippen molar-refractivity contribution >= 4 is 29.9 Å². The summed E-state index contributed by atoms with van der Waals surface area (Å²) in [5.41, 5.74) is 0. The molecule has 0 spiro atoms. The van der Waals surface area contributed by atoms with Gasteiger partial charge in [-0.1, -0.05) is 5.21 Å². The second kappa shape index (κ2) is 9.12. The molecule has 1 aromatic rings. The molecule has 1 heterocycles. The topological polar surface area (TPSA) is 49.6 Å². The molecule has 0 aliphatic rings. The molecule has 0 N–H and O–H groups in total. The van der Waals surface area contributed by atoms with Gasteiger partial charge in [-0.3, -0.25) is 9.67 Å². The van der Waals surface area contributed by atoms with E-state index >= 15 is 0 Å². The normalized spacial score (nSPS) is 9.56. The van der Waals surface area contributed by atoms with Crippen LogP contribution in [0.15, 0.2) is 17.4 Å². The Balaban J connectivity index is 0.00000289. The summed E-state index contributed by atoms with van der Waals surface area (Å²) in [6.07, 6.45) is 5.72. The first-order valence-electron chi connectivity index (χ1n) is 5.84. The molecule has 104 valence electrons. The van der Waals surface area contributed by atoms with E-state index < -0.39 is 0 Å². The first kappa shape index (κ1) is 17.1. The maximum atomic E-state index is 4.56. The molecule has 0 aliphatic heterocycles. The number of rotatable bonds is 5. The van der Waals surface area contributed by atoms with Crippen molar-refractivity contribution in [1.29, 1.82) is 0 Å². The lowest BCUT2D eigenvalue weighted by Crippen LogP contribution is -2.35. The molecule has 7 heteroatoms. The summed E-state index contributed by atoms with van der Waals surface area (Å²) in [6, 6.07) is 0. The molecule has 0 saturated carbocycles. The van der Waals surface area contributed by atoms with Gasteiger partial charge in [0.1, 0.15) is 0 Å². The predicted octanol–water partition coefficient (Wildman–Crippen LogP) is 1.16. The van der Waals surface area contributed by atoms with Gasteiger partial charge in [0.25, 0.3) is 0 Å². The molecule has 0 fully saturated rings. The van der Waals surface area contributed by atoms with E-state index in [-0.39, 0.29) is 24.0 Å². The number of guanidine groups is 1. The molecule has 0 saturated heterocycles. The van der Waals surface area contributed by atoms with E-state index in [0.717, 1.165) is 31.9 Å². The number of aromatic nitrogens is 3. The third kappa shape index (κ3) is 6.18. The van der Waals surface area contributed by atoms with Gasteiger partial charge >= 0.3 is 0 Å². The maximum absolute atomic E-state index is 4.56. The number of unbranched alkanes of at least 4 members (excludes halogenated alkanes) is 1. The van der Waals surface area contributed by atoms with Gasteiger partial charge in [0.2, 0.25) is 0 Å². The molecule has 0 radical (unpaired) electrons. The highest BCUT2D eigenvalue weighted by atomic mass is 127. The monoisotopic (exact) mass is 366 g/mol. The van der Waals surface area contributed by atoms with E-state index in [1.807, 2.05) is 48.9 Å². The van der Waals surface area contributed by atoms with Crippen LogP contribution >= 0.6 is 24.0 Å². The van der Waals surface area contributed by atoms with E-state index in [1.54, 1.807) is 6.20 Å². The van der Waals surface area contributed by atoms with Gasteiger partial charge in [0.05, 0.1) is 6.20 Å². The van der Waals surface area contributed by atoms with Gasteiger partial charge in [0, 0.05) is 47.5 Å². The molecule has 0 aliphatic carbocycles. The fraction of sp³-hybridized carbons (Fsp3) is 0.727. The third-order valence-electron chi connectivity index (χ3n) is 2.32. The molecule has 0 aromatic carbocycles. The zero-order valence-corrected chi connectivity index (χ0v) is 13.9. The van der Waals surface area contributed by atoms with Crippen molar-refractivity contribution in [2.24, 2.45) is 4.99 Å². The number of nitrogens with zero attached hydrogens (tertiary/aromatic N) is 6. The molecule has 1 rings (SSSR count). The lowest BCUT2D eigenvalue weighted by Gasteiger charge is -2.22. The Bertz CT molecular complexity index is 323. The number of hydrogen-bond acceptors (Lipinski definition) is 3. The van der Waals surface area contributed by atoms with Crippen LogP contribution in [0.5, 0.6) is 0 Å². The van der Waals surface area contributed by atoms with Crippen LogP contribution < -0.4 is 0 Å². The smallest absolute Gasteiger partial charge is 0.195 e. The minimum atomic E-state index is 0. The van der Waals surface area contributed by atoms with Crippen molar-refractivity contribution in [3.63, 3.8) is 0 Å². The number of halogens is 1. The molecular weight excluding hydrogens is 343 g/mol.